The predicted octanol–water partition coefficient (Wildman–Crippen LogP) is 0.582. The fraction of sp³-hybridized carbons (Fsp3) is 0.267. The normalized spacial score (nSPS) is 17.6. The molecule has 1 atom stereocenters. The van der Waals surface area contributed by atoms with Gasteiger partial charge in [-0.25, -0.2) is 0 Å². The molecule has 22 heavy (non-hydrogen) atoms. The van der Waals surface area contributed by atoms with Crippen LogP contribution in [0.4, 0.5) is 0 Å². The Labute approximate surface area is 125 Å². The van der Waals surface area contributed by atoms with Gasteiger partial charge in [-0.3, -0.25) is 14.4 Å². The summed E-state index contributed by atoms with van der Waals surface area (Å²) in [4.78, 5) is 39.7. The minimum absolute atomic E-state index is 0.0421. The monoisotopic (exact) mass is 301 g/mol. The Balaban J connectivity index is 1.82. The number of nitrogens with zero attached hydrogens (tertiary/aromatic N) is 1. The molecular weight excluding hydrogens is 286 g/mol. The van der Waals surface area contributed by atoms with Crippen molar-refractivity contribution in [1.29, 1.82) is 0 Å². The summed E-state index contributed by atoms with van der Waals surface area (Å²) in [7, 11) is 0. The number of primary amides is 1. The minimum Gasteiger partial charge on any atom is -0.463 e. The highest BCUT2D eigenvalue weighted by Crippen LogP contribution is 2.19. The third-order valence-corrected chi connectivity index (χ3v) is 3.80. The summed E-state index contributed by atoms with van der Waals surface area (Å²) in [6.07, 6.45) is 2.03. The van der Waals surface area contributed by atoms with Gasteiger partial charge in [0.2, 0.25) is 5.91 Å². The average molecular weight is 301 g/mol. The van der Waals surface area contributed by atoms with Crippen LogP contribution in [0.25, 0.3) is 11.5 Å². The molecule has 2 aromatic rings. The number of carbonyl (C=O) groups is 2. The summed E-state index contributed by atoms with van der Waals surface area (Å²) >= 11 is 0. The predicted molar refractivity (Wildman–Crippen MR) is 78.0 cm³/mol. The molecule has 1 aliphatic heterocycles. The third kappa shape index (κ3) is 2.52. The lowest BCUT2D eigenvalue weighted by Gasteiger charge is -2.15. The molecule has 0 bridgehead atoms. The van der Waals surface area contributed by atoms with Crippen LogP contribution >= 0.6 is 0 Å². The van der Waals surface area contributed by atoms with E-state index >= 15 is 0 Å². The van der Waals surface area contributed by atoms with Crippen LogP contribution in [0, 0.1) is 5.92 Å². The van der Waals surface area contributed by atoms with Crippen molar-refractivity contribution in [3.8, 4) is 11.5 Å². The molecule has 0 radical (unpaired) electrons. The number of pyridine rings is 1. The molecule has 0 aromatic carbocycles. The molecule has 3 heterocycles. The van der Waals surface area contributed by atoms with Gasteiger partial charge in [0.25, 0.3) is 11.5 Å². The molecule has 0 aliphatic carbocycles. The van der Waals surface area contributed by atoms with Crippen LogP contribution in [0.5, 0.6) is 0 Å². The third-order valence-electron chi connectivity index (χ3n) is 3.80. The highest BCUT2D eigenvalue weighted by molar-refractivity contribution is 5.94. The summed E-state index contributed by atoms with van der Waals surface area (Å²) in [5.41, 5.74) is 5.31. The van der Waals surface area contributed by atoms with E-state index in [-0.39, 0.29) is 18.0 Å². The highest BCUT2D eigenvalue weighted by Gasteiger charge is 2.31. The van der Waals surface area contributed by atoms with Crippen LogP contribution < -0.4 is 11.3 Å². The van der Waals surface area contributed by atoms with Crippen molar-refractivity contribution < 1.29 is 14.0 Å². The van der Waals surface area contributed by atoms with E-state index in [0.717, 1.165) is 0 Å². The molecule has 2 aromatic heterocycles. The van der Waals surface area contributed by atoms with Crippen LogP contribution in [0.2, 0.25) is 0 Å². The molecule has 3 N–H and O–H groups in total. The zero-order valence-corrected chi connectivity index (χ0v) is 11.7. The molecular formula is C15H15N3O4. The zero-order chi connectivity index (χ0) is 15.7. The molecule has 1 aliphatic rings. The molecule has 1 saturated heterocycles. The number of nitrogens with one attached hydrogen (secondary N) is 1. The summed E-state index contributed by atoms with van der Waals surface area (Å²) in [6, 6.07) is 6.51. The van der Waals surface area contributed by atoms with E-state index in [4.69, 9.17) is 10.2 Å². The van der Waals surface area contributed by atoms with Crippen molar-refractivity contribution in [2.45, 2.75) is 6.42 Å². The lowest BCUT2D eigenvalue weighted by atomic mass is 10.1. The lowest BCUT2D eigenvalue weighted by Crippen LogP contribution is -2.34. The van der Waals surface area contributed by atoms with E-state index in [1.165, 1.54) is 17.2 Å². The smallest absolute Gasteiger partial charge is 0.261 e. The number of hydrogen-bond acceptors (Lipinski definition) is 4. The van der Waals surface area contributed by atoms with E-state index in [9.17, 15) is 14.4 Å². The summed E-state index contributed by atoms with van der Waals surface area (Å²) < 4.78 is 5.20. The van der Waals surface area contributed by atoms with Gasteiger partial charge < -0.3 is 20.0 Å². The number of aromatic amines is 1. The lowest BCUT2D eigenvalue weighted by molar-refractivity contribution is -0.121. The zero-order valence-electron chi connectivity index (χ0n) is 11.7. The first-order valence-electron chi connectivity index (χ1n) is 6.92. The fourth-order valence-electron chi connectivity index (χ4n) is 2.56. The van der Waals surface area contributed by atoms with Gasteiger partial charge in [0.15, 0.2) is 0 Å². The second-order valence-corrected chi connectivity index (χ2v) is 5.23. The maximum absolute atomic E-state index is 12.4. The van der Waals surface area contributed by atoms with Crippen LogP contribution in [0.15, 0.2) is 39.7 Å². The van der Waals surface area contributed by atoms with Crippen LogP contribution in [0.3, 0.4) is 0 Å². The maximum Gasteiger partial charge on any atom is 0.261 e. The van der Waals surface area contributed by atoms with Crippen molar-refractivity contribution in [2.24, 2.45) is 11.7 Å². The Morgan fingerprint density at radius 1 is 1.32 bits per heavy atom. The number of likely N-dealkylation sites (tertiary alicyclic amines) is 1. The number of H-pyrrole nitrogens is 1. The highest BCUT2D eigenvalue weighted by atomic mass is 16.3. The van der Waals surface area contributed by atoms with Crippen LogP contribution in [0.1, 0.15) is 16.8 Å². The molecule has 114 valence electrons. The van der Waals surface area contributed by atoms with Crippen molar-refractivity contribution >= 4 is 11.8 Å². The second kappa shape index (κ2) is 5.51. The standard InChI is InChI=1S/C15H15N3O4/c16-13(19)9-5-6-18(8-9)15(21)10-3-4-11(17-14(10)20)12-2-1-7-22-12/h1-4,7,9H,5-6,8H2,(H2,16,19)(H,17,20). The summed E-state index contributed by atoms with van der Waals surface area (Å²) in [5.74, 6) is -0.634. The molecule has 7 heteroatoms. The first kappa shape index (κ1) is 14.1. The Hall–Kier alpha value is -2.83. The summed E-state index contributed by atoms with van der Waals surface area (Å²) in [6.45, 7) is 0.680. The van der Waals surface area contributed by atoms with Crippen molar-refractivity contribution in [3.05, 3.63) is 46.4 Å². The molecule has 7 nitrogen and oxygen atoms in total. The first-order valence-corrected chi connectivity index (χ1v) is 6.92. The number of furan rings is 1. The fourth-order valence-corrected chi connectivity index (χ4v) is 2.56. The quantitative estimate of drug-likeness (QED) is 0.864. The minimum atomic E-state index is -0.485. The van der Waals surface area contributed by atoms with E-state index < -0.39 is 17.4 Å². The first-order chi connectivity index (χ1) is 10.6. The van der Waals surface area contributed by atoms with Gasteiger partial charge in [-0.1, -0.05) is 0 Å². The van der Waals surface area contributed by atoms with Crippen molar-refractivity contribution in [1.82, 2.24) is 9.88 Å². The number of rotatable bonds is 3. The van der Waals surface area contributed by atoms with Gasteiger partial charge >= 0.3 is 0 Å². The van der Waals surface area contributed by atoms with Gasteiger partial charge in [-0.15, -0.1) is 0 Å². The van der Waals surface area contributed by atoms with E-state index in [1.54, 1.807) is 18.2 Å². The van der Waals surface area contributed by atoms with Crippen molar-refractivity contribution in [2.75, 3.05) is 13.1 Å². The average Bonchev–Trinajstić information content (AvgIpc) is 3.18. The Morgan fingerprint density at radius 3 is 2.73 bits per heavy atom. The van der Waals surface area contributed by atoms with Crippen LogP contribution in [-0.4, -0.2) is 34.8 Å². The second-order valence-electron chi connectivity index (χ2n) is 5.23. The van der Waals surface area contributed by atoms with E-state index in [1.807, 2.05) is 0 Å². The Kier molecular flexibility index (Phi) is 3.54. The summed E-state index contributed by atoms with van der Waals surface area (Å²) in [5, 5.41) is 0. The Morgan fingerprint density at radius 2 is 2.14 bits per heavy atom. The largest absolute Gasteiger partial charge is 0.463 e. The van der Waals surface area contributed by atoms with Crippen molar-refractivity contribution in [3.63, 3.8) is 0 Å². The molecule has 0 saturated carbocycles. The van der Waals surface area contributed by atoms with Gasteiger partial charge in [0.1, 0.15) is 11.3 Å². The molecule has 1 fully saturated rings. The number of nitrogens with two attached hydrogens (primary N) is 1. The number of carbonyl (C=O) groups excluding carboxylic acids is 2. The van der Waals surface area contributed by atoms with E-state index in [2.05, 4.69) is 4.98 Å². The number of hydrogen-bond donors (Lipinski definition) is 2. The SMILES string of the molecule is NC(=O)C1CCN(C(=O)c2ccc(-c3ccco3)[nH]c2=O)C1. The molecule has 0 spiro atoms. The van der Waals surface area contributed by atoms with Gasteiger partial charge in [0, 0.05) is 13.1 Å². The molecule has 1 unspecified atom stereocenters. The topological polar surface area (TPSA) is 109 Å². The van der Waals surface area contributed by atoms with Gasteiger partial charge in [-0.05, 0) is 30.7 Å². The van der Waals surface area contributed by atoms with Gasteiger partial charge in [0.05, 0.1) is 17.9 Å². The molecule has 2 amide bonds. The van der Waals surface area contributed by atoms with Crippen LogP contribution in [-0.2, 0) is 4.79 Å². The Bertz CT molecular complexity index is 763. The maximum atomic E-state index is 12.4. The van der Waals surface area contributed by atoms with E-state index in [0.29, 0.717) is 24.4 Å². The number of amides is 2. The van der Waals surface area contributed by atoms with Gasteiger partial charge in [-0.2, -0.15) is 0 Å². The molecule has 3 rings (SSSR count). The number of aromatic nitrogens is 1.